The van der Waals surface area contributed by atoms with Crippen LogP contribution in [0.3, 0.4) is 0 Å². The molecule has 1 heterocycles. The van der Waals surface area contributed by atoms with Crippen LogP contribution in [0, 0.1) is 0 Å². The van der Waals surface area contributed by atoms with Gasteiger partial charge in [0.25, 0.3) is 0 Å². The zero-order chi connectivity index (χ0) is 22.9. The summed E-state index contributed by atoms with van der Waals surface area (Å²) in [6.45, 7) is 3.77. The highest BCUT2D eigenvalue weighted by atomic mass is 32.1. The van der Waals surface area contributed by atoms with Gasteiger partial charge in [-0.05, 0) is 48.9 Å². The Hall–Kier alpha value is -3.78. The number of ether oxygens (including phenoxy) is 1. The Kier molecular flexibility index (Phi) is 7.88. The van der Waals surface area contributed by atoms with Gasteiger partial charge >= 0.3 is 5.97 Å². The van der Waals surface area contributed by atoms with Crippen LogP contribution in [-0.2, 0) is 14.3 Å². The number of nitrogens with one attached hydrogen (secondary N) is 1. The Morgan fingerprint density at radius 2 is 1.81 bits per heavy atom. The number of nitrogens with zero attached hydrogens (tertiary/aromatic N) is 2. The van der Waals surface area contributed by atoms with Crippen molar-refractivity contribution in [1.82, 2.24) is 4.98 Å². The fourth-order valence-electron chi connectivity index (χ4n) is 2.77. The number of carbonyl (C=O) groups is 3. The van der Waals surface area contributed by atoms with Crippen molar-refractivity contribution in [1.29, 1.82) is 0 Å². The monoisotopic (exact) mass is 449 g/mol. The summed E-state index contributed by atoms with van der Waals surface area (Å²) in [6, 6.07) is 15.7. The summed E-state index contributed by atoms with van der Waals surface area (Å²) in [5.74, 6) is -0.882. The normalized spacial score (nSPS) is 10.7. The third-order valence-corrected chi connectivity index (χ3v) is 5.11. The third kappa shape index (κ3) is 6.12. The molecule has 3 aromatic rings. The minimum atomic E-state index is -0.390. The number of amides is 2. The zero-order valence-electron chi connectivity index (χ0n) is 17.8. The summed E-state index contributed by atoms with van der Waals surface area (Å²) in [4.78, 5) is 42.2. The molecule has 0 unspecified atom stereocenters. The number of hydrogen-bond donors (Lipinski definition) is 1. The van der Waals surface area contributed by atoms with Crippen molar-refractivity contribution < 1.29 is 19.1 Å². The molecule has 0 fully saturated rings. The average molecular weight is 450 g/mol. The maximum absolute atomic E-state index is 12.2. The van der Waals surface area contributed by atoms with Gasteiger partial charge in [0.2, 0.25) is 11.8 Å². The Labute approximate surface area is 190 Å². The molecule has 0 spiro atoms. The molecule has 0 atom stereocenters. The topological polar surface area (TPSA) is 88.6 Å². The molecule has 0 aliphatic heterocycles. The molecule has 0 saturated carbocycles. The molecule has 0 bridgehead atoms. The largest absolute Gasteiger partial charge is 0.462 e. The molecular formula is C24H23N3O4S. The minimum Gasteiger partial charge on any atom is -0.462 e. The number of aromatic nitrogens is 1. The van der Waals surface area contributed by atoms with Gasteiger partial charge in [0.05, 0.1) is 23.6 Å². The number of esters is 1. The molecule has 32 heavy (non-hydrogen) atoms. The lowest BCUT2D eigenvalue weighted by Gasteiger charge is -2.17. The third-order valence-electron chi connectivity index (χ3n) is 4.26. The van der Waals surface area contributed by atoms with E-state index in [0.29, 0.717) is 28.7 Å². The smallest absolute Gasteiger partial charge is 0.338 e. The van der Waals surface area contributed by atoms with Gasteiger partial charge in [-0.3, -0.25) is 14.5 Å². The van der Waals surface area contributed by atoms with Crippen LogP contribution in [0.5, 0.6) is 0 Å². The first kappa shape index (κ1) is 22.9. The van der Waals surface area contributed by atoms with Gasteiger partial charge in [-0.2, -0.15) is 0 Å². The predicted molar refractivity (Wildman–Crippen MR) is 126 cm³/mol. The Balaban J connectivity index is 1.62. The van der Waals surface area contributed by atoms with Gasteiger partial charge in [-0.15, -0.1) is 11.3 Å². The van der Waals surface area contributed by atoms with E-state index in [4.69, 9.17) is 4.74 Å². The van der Waals surface area contributed by atoms with E-state index in [0.717, 1.165) is 12.1 Å². The van der Waals surface area contributed by atoms with E-state index in [9.17, 15) is 14.4 Å². The number of para-hydroxylation sites is 1. The molecule has 0 aliphatic rings. The lowest BCUT2D eigenvalue weighted by molar-refractivity contribution is -0.116. The first-order valence-corrected chi connectivity index (χ1v) is 10.9. The summed E-state index contributed by atoms with van der Waals surface area (Å²) in [6.07, 6.45) is 3.70. The summed E-state index contributed by atoms with van der Waals surface area (Å²) in [5, 5.41) is 5.02. The zero-order valence-corrected chi connectivity index (χ0v) is 18.6. The molecule has 0 saturated heterocycles. The Bertz CT molecular complexity index is 1110. The molecule has 0 radical (unpaired) electrons. The van der Waals surface area contributed by atoms with E-state index in [2.05, 4.69) is 10.3 Å². The molecule has 2 amide bonds. The number of rotatable bonds is 8. The lowest BCUT2D eigenvalue weighted by Crippen LogP contribution is -2.22. The average Bonchev–Trinajstić information content (AvgIpc) is 3.25. The van der Waals surface area contributed by atoms with Crippen LogP contribution in [0.1, 0.15) is 36.3 Å². The van der Waals surface area contributed by atoms with Crippen molar-refractivity contribution in [2.75, 3.05) is 16.8 Å². The first-order valence-electron chi connectivity index (χ1n) is 10.1. The van der Waals surface area contributed by atoms with Gasteiger partial charge in [0.1, 0.15) is 0 Å². The first-order chi connectivity index (χ1) is 15.5. The maximum atomic E-state index is 12.2. The summed E-state index contributed by atoms with van der Waals surface area (Å²) in [7, 11) is 0. The van der Waals surface area contributed by atoms with E-state index < -0.39 is 0 Å². The van der Waals surface area contributed by atoms with Crippen LogP contribution >= 0.6 is 11.3 Å². The highest BCUT2D eigenvalue weighted by Gasteiger charge is 2.17. The fourth-order valence-corrected chi connectivity index (χ4v) is 3.63. The molecular weight excluding hydrogens is 426 g/mol. The standard InChI is InChI=1S/C24H23N3O4S/c1-3-15-31-23(30)18-9-11-19(12-10-18)25-22(29)14-13-20-16-32-24(26-20)27(17(2)28)21-7-5-4-6-8-21/h4-14,16H,3,15H2,1-2H3,(H,25,29)/b14-13+. The van der Waals surface area contributed by atoms with Gasteiger partial charge in [0.15, 0.2) is 5.13 Å². The lowest BCUT2D eigenvalue weighted by atomic mass is 10.2. The van der Waals surface area contributed by atoms with Crippen LogP contribution in [0.15, 0.2) is 66.1 Å². The van der Waals surface area contributed by atoms with Crippen molar-refractivity contribution in [3.05, 3.63) is 77.3 Å². The van der Waals surface area contributed by atoms with E-state index in [1.807, 2.05) is 37.3 Å². The SMILES string of the molecule is CCCOC(=O)c1ccc(NC(=O)/C=C/c2csc(N(C(C)=O)c3ccccc3)n2)cc1. The van der Waals surface area contributed by atoms with E-state index >= 15 is 0 Å². The van der Waals surface area contributed by atoms with Gasteiger partial charge < -0.3 is 10.1 Å². The van der Waals surface area contributed by atoms with Crippen molar-refractivity contribution in [3.8, 4) is 0 Å². The van der Waals surface area contributed by atoms with Crippen LogP contribution in [-0.4, -0.2) is 29.4 Å². The number of anilines is 3. The number of thiazole rings is 1. The number of carbonyl (C=O) groups excluding carboxylic acids is 3. The highest BCUT2D eigenvalue weighted by Crippen LogP contribution is 2.29. The molecule has 1 N–H and O–H groups in total. The van der Waals surface area contributed by atoms with Gasteiger partial charge in [0, 0.05) is 24.1 Å². The molecule has 8 heteroatoms. The summed E-state index contributed by atoms with van der Waals surface area (Å²) in [5.41, 5.74) is 2.27. The summed E-state index contributed by atoms with van der Waals surface area (Å²) >= 11 is 1.31. The van der Waals surface area contributed by atoms with Crippen molar-refractivity contribution in [2.24, 2.45) is 0 Å². The second kappa shape index (κ2) is 11.0. The van der Waals surface area contributed by atoms with Gasteiger partial charge in [-0.1, -0.05) is 25.1 Å². The van der Waals surface area contributed by atoms with Crippen LogP contribution < -0.4 is 10.2 Å². The minimum absolute atomic E-state index is 0.152. The van der Waals surface area contributed by atoms with E-state index in [1.54, 1.807) is 35.7 Å². The predicted octanol–water partition coefficient (Wildman–Crippen LogP) is 5.05. The quantitative estimate of drug-likeness (QED) is 0.384. The van der Waals surface area contributed by atoms with Crippen LogP contribution in [0.25, 0.3) is 6.08 Å². The maximum Gasteiger partial charge on any atom is 0.338 e. The highest BCUT2D eigenvalue weighted by molar-refractivity contribution is 7.14. The van der Waals surface area contributed by atoms with Gasteiger partial charge in [-0.25, -0.2) is 9.78 Å². The molecule has 0 aliphatic carbocycles. The van der Waals surface area contributed by atoms with Crippen molar-refractivity contribution in [2.45, 2.75) is 20.3 Å². The fraction of sp³-hybridized carbons (Fsp3) is 0.167. The number of benzene rings is 2. The molecule has 3 rings (SSSR count). The second-order valence-corrected chi connectivity index (χ2v) is 7.62. The molecule has 2 aromatic carbocycles. The Morgan fingerprint density at radius 1 is 1.09 bits per heavy atom. The Morgan fingerprint density at radius 3 is 2.47 bits per heavy atom. The van der Waals surface area contributed by atoms with Crippen molar-refractivity contribution >= 4 is 51.7 Å². The van der Waals surface area contributed by atoms with Crippen LogP contribution in [0.2, 0.25) is 0 Å². The number of hydrogen-bond acceptors (Lipinski definition) is 6. The van der Waals surface area contributed by atoms with E-state index in [1.165, 1.54) is 29.2 Å². The molecule has 164 valence electrons. The molecule has 1 aromatic heterocycles. The summed E-state index contributed by atoms with van der Waals surface area (Å²) < 4.78 is 5.08. The molecule has 7 nitrogen and oxygen atoms in total. The van der Waals surface area contributed by atoms with E-state index in [-0.39, 0.29) is 17.8 Å². The van der Waals surface area contributed by atoms with Crippen molar-refractivity contribution in [3.63, 3.8) is 0 Å². The van der Waals surface area contributed by atoms with Crippen LogP contribution in [0.4, 0.5) is 16.5 Å². The second-order valence-electron chi connectivity index (χ2n) is 6.78.